The van der Waals surface area contributed by atoms with Crippen molar-refractivity contribution >= 4 is 55.0 Å². The summed E-state index contributed by atoms with van der Waals surface area (Å²) in [6.45, 7) is 0. The Morgan fingerprint density at radius 3 is 1.56 bits per heavy atom. The molecule has 1 aliphatic rings. The molecule has 0 unspecified atom stereocenters. The van der Waals surface area contributed by atoms with Crippen molar-refractivity contribution in [2.45, 2.75) is 0 Å². The molecule has 0 amide bonds. The molecule has 236 valence electrons. The molecule has 2 nitrogen and oxygen atoms in total. The van der Waals surface area contributed by atoms with Crippen molar-refractivity contribution in [2.24, 2.45) is 0 Å². The predicted octanol–water partition coefficient (Wildman–Crippen LogP) is 13.5. The van der Waals surface area contributed by atoms with E-state index in [9.17, 15) is 0 Å². The first-order chi connectivity index (χ1) is 24.8. The van der Waals surface area contributed by atoms with Crippen LogP contribution in [0.3, 0.4) is 0 Å². The van der Waals surface area contributed by atoms with E-state index in [1.807, 2.05) is 24.3 Å². The van der Waals surface area contributed by atoms with Gasteiger partial charge in [-0.2, -0.15) is 0 Å². The van der Waals surface area contributed by atoms with Gasteiger partial charge in [0.25, 0.3) is 0 Å². The van der Waals surface area contributed by atoms with Gasteiger partial charge in [0.2, 0.25) is 0 Å². The van der Waals surface area contributed by atoms with Gasteiger partial charge in [-0.1, -0.05) is 158 Å². The summed E-state index contributed by atoms with van der Waals surface area (Å²) in [5.41, 5.74) is 12.2. The molecule has 2 heterocycles. The highest BCUT2D eigenvalue weighted by Gasteiger charge is 2.22. The van der Waals surface area contributed by atoms with Gasteiger partial charge in [0, 0.05) is 21.7 Å². The first kappa shape index (κ1) is 29.5. The molecule has 0 aliphatic heterocycles. The van der Waals surface area contributed by atoms with Gasteiger partial charge in [-0.3, -0.25) is 0 Å². The Balaban J connectivity index is 1.37. The quantitative estimate of drug-likeness (QED) is 0.191. The number of rotatable bonds is 4. The Labute approximate surface area is 290 Å². The standard InChI is InChI=1S/C48H32O2/c1-2-4-9-23-36(33-17-11-6-12-18-33)29-39(24-10-5-3-1)40-32-42-41-30-37(34-19-13-7-14-20-34)25-27-44(41)49-48(42)46-43-31-38(35-21-15-8-16-22-35)26-28-45(43)50-47(40)46/h1-32H/b2-1?,3-1-,4-2+,5-3?,9-4?,10-5-,23-9+,24-10?,36-23?,36-29+,39-24+,39-29?. The summed E-state index contributed by atoms with van der Waals surface area (Å²) in [5, 5.41) is 4.13. The van der Waals surface area contributed by atoms with Crippen LogP contribution < -0.4 is 0 Å². The van der Waals surface area contributed by atoms with Gasteiger partial charge in [0.1, 0.15) is 22.3 Å². The van der Waals surface area contributed by atoms with E-state index in [4.69, 9.17) is 8.83 Å². The van der Waals surface area contributed by atoms with E-state index >= 15 is 0 Å². The minimum Gasteiger partial charge on any atom is -0.455 e. The largest absolute Gasteiger partial charge is 0.455 e. The number of allylic oxidation sites excluding steroid dienone is 12. The molecule has 0 saturated heterocycles. The second-order valence-electron chi connectivity index (χ2n) is 12.5. The topological polar surface area (TPSA) is 26.3 Å². The number of hydrogen-bond donors (Lipinski definition) is 0. The SMILES string of the molecule is C1=C\C=C\C=C\C(c2ccccc2)=C/C(c2cc3c4cc(-c5ccccc5)ccc4oc3c3c2oc2ccc(-c4ccccc4)cc23)=C\C=C/1. The molecular formula is C48H32O2. The monoisotopic (exact) mass is 640 g/mol. The molecule has 1 aliphatic carbocycles. The lowest BCUT2D eigenvalue weighted by Crippen LogP contribution is -1.88. The number of benzene rings is 6. The predicted molar refractivity (Wildman–Crippen MR) is 211 cm³/mol. The molecule has 0 fully saturated rings. The molecule has 0 saturated carbocycles. The third-order valence-electron chi connectivity index (χ3n) is 9.34. The molecule has 0 radical (unpaired) electrons. The lowest BCUT2D eigenvalue weighted by Gasteiger charge is -2.09. The molecule has 2 heteroatoms. The minimum atomic E-state index is 0.801. The second kappa shape index (κ2) is 12.8. The van der Waals surface area contributed by atoms with Crippen LogP contribution in [0.25, 0.3) is 77.3 Å². The lowest BCUT2D eigenvalue weighted by molar-refractivity contribution is 0.662. The van der Waals surface area contributed by atoms with Gasteiger partial charge < -0.3 is 8.83 Å². The molecular weight excluding hydrogens is 609 g/mol. The number of hydrogen-bond acceptors (Lipinski definition) is 2. The molecule has 0 atom stereocenters. The summed E-state index contributed by atoms with van der Waals surface area (Å²) in [4.78, 5) is 0. The third kappa shape index (κ3) is 5.43. The van der Waals surface area contributed by atoms with E-state index in [1.54, 1.807) is 0 Å². The fraction of sp³-hybridized carbons (Fsp3) is 0. The summed E-state index contributed by atoms with van der Waals surface area (Å²) < 4.78 is 13.6. The molecule has 0 spiro atoms. The van der Waals surface area contributed by atoms with Crippen LogP contribution in [-0.4, -0.2) is 0 Å². The average Bonchev–Trinajstić information content (AvgIpc) is 3.74. The normalized spacial score (nSPS) is 18.2. The van der Waals surface area contributed by atoms with Crippen LogP contribution in [-0.2, 0) is 0 Å². The highest BCUT2D eigenvalue weighted by atomic mass is 16.3. The molecule has 2 aromatic heterocycles. The van der Waals surface area contributed by atoms with E-state index in [0.717, 1.165) is 82.8 Å². The fourth-order valence-corrected chi connectivity index (χ4v) is 6.88. The number of furan rings is 2. The zero-order chi connectivity index (χ0) is 33.3. The van der Waals surface area contributed by atoms with Crippen LogP contribution in [0.4, 0.5) is 0 Å². The van der Waals surface area contributed by atoms with E-state index in [-0.39, 0.29) is 0 Å². The zero-order valence-electron chi connectivity index (χ0n) is 27.3. The maximum Gasteiger partial charge on any atom is 0.147 e. The number of fused-ring (bicyclic) bond motifs is 7. The second-order valence-corrected chi connectivity index (χ2v) is 12.5. The van der Waals surface area contributed by atoms with Crippen LogP contribution in [0.1, 0.15) is 11.1 Å². The molecule has 0 bridgehead atoms. The molecule has 0 N–H and O–H groups in total. The summed E-state index contributed by atoms with van der Waals surface area (Å²) in [7, 11) is 0. The summed E-state index contributed by atoms with van der Waals surface area (Å²) in [5.74, 6) is 0. The van der Waals surface area contributed by atoms with Crippen molar-refractivity contribution in [2.75, 3.05) is 0 Å². The molecule has 6 aromatic carbocycles. The Kier molecular flexibility index (Phi) is 7.53. The Morgan fingerprint density at radius 2 is 0.900 bits per heavy atom. The van der Waals surface area contributed by atoms with Gasteiger partial charge in [-0.25, -0.2) is 0 Å². The van der Waals surface area contributed by atoms with Crippen LogP contribution in [0, 0.1) is 0 Å². The maximum atomic E-state index is 6.84. The first-order valence-electron chi connectivity index (χ1n) is 16.9. The summed E-state index contributed by atoms with van der Waals surface area (Å²) >= 11 is 0. The Hall–Kier alpha value is -6.64. The Bertz CT molecular complexity index is 2710. The van der Waals surface area contributed by atoms with Gasteiger partial charge in [0.05, 0.1) is 5.39 Å². The molecule has 8 aromatic rings. The van der Waals surface area contributed by atoms with Crippen LogP contribution in [0.2, 0.25) is 0 Å². The van der Waals surface area contributed by atoms with Crippen molar-refractivity contribution in [3.8, 4) is 22.3 Å². The van der Waals surface area contributed by atoms with E-state index in [1.165, 1.54) is 5.56 Å². The minimum absolute atomic E-state index is 0.801. The average molecular weight is 641 g/mol. The van der Waals surface area contributed by atoms with Crippen LogP contribution in [0.5, 0.6) is 0 Å². The summed E-state index contributed by atoms with van der Waals surface area (Å²) in [6.07, 6.45) is 21.0. The lowest BCUT2D eigenvalue weighted by atomic mass is 9.94. The van der Waals surface area contributed by atoms with Gasteiger partial charge in [0.15, 0.2) is 0 Å². The molecule has 9 rings (SSSR count). The van der Waals surface area contributed by atoms with E-state index < -0.39 is 0 Å². The van der Waals surface area contributed by atoms with Crippen LogP contribution in [0.15, 0.2) is 203 Å². The zero-order valence-corrected chi connectivity index (χ0v) is 27.3. The van der Waals surface area contributed by atoms with Crippen molar-refractivity contribution in [3.05, 3.63) is 205 Å². The van der Waals surface area contributed by atoms with Gasteiger partial charge in [-0.15, -0.1) is 0 Å². The van der Waals surface area contributed by atoms with E-state index in [0.29, 0.717) is 0 Å². The highest BCUT2D eigenvalue weighted by molar-refractivity contribution is 6.25. The Morgan fingerprint density at radius 1 is 0.360 bits per heavy atom. The maximum absolute atomic E-state index is 6.84. The van der Waals surface area contributed by atoms with Crippen molar-refractivity contribution in [3.63, 3.8) is 0 Å². The highest BCUT2D eigenvalue weighted by Crippen LogP contribution is 2.45. The third-order valence-corrected chi connectivity index (χ3v) is 9.34. The van der Waals surface area contributed by atoms with Crippen molar-refractivity contribution in [1.29, 1.82) is 0 Å². The molecule has 50 heavy (non-hydrogen) atoms. The van der Waals surface area contributed by atoms with Gasteiger partial charge in [-0.05, 0) is 75.4 Å². The van der Waals surface area contributed by atoms with E-state index in [2.05, 4.69) is 170 Å². The fourth-order valence-electron chi connectivity index (χ4n) is 6.88. The first-order valence-corrected chi connectivity index (χ1v) is 16.9. The van der Waals surface area contributed by atoms with Crippen LogP contribution >= 0.6 is 0 Å². The van der Waals surface area contributed by atoms with Crippen molar-refractivity contribution in [1.82, 2.24) is 0 Å². The smallest absolute Gasteiger partial charge is 0.147 e. The van der Waals surface area contributed by atoms with Gasteiger partial charge >= 0.3 is 0 Å². The van der Waals surface area contributed by atoms with Crippen molar-refractivity contribution < 1.29 is 8.83 Å². The summed E-state index contributed by atoms with van der Waals surface area (Å²) in [6, 6.07) is 46.7.